The molecule has 0 bridgehead atoms. The highest BCUT2D eigenvalue weighted by Crippen LogP contribution is 2.39. The molecule has 0 aliphatic carbocycles. The van der Waals surface area contributed by atoms with Crippen molar-refractivity contribution in [3.8, 4) is 17.1 Å². The van der Waals surface area contributed by atoms with Gasteiger partial charge in [0, 0.05) is 5.56 Å². The van der Waals surface area contributed by atoms with Crippen LogP contribution in [0.5, 0.6) is 5.75 Å². The third-order valence-corrected chi connectivity index (χ3v) is 5.86. The van der Waals surface area contributed by atoms with Crippen molar-refractivity contribution in [3.63, 3.8) is 0 Å². The molecule has 1 N–H and O–H groups in total. The lowest BCUT2D eigenvalue weighted by molar-refractivity contribution is -0.108. The molecule has 0 aliphatic heterocycles. The Morgan fingerprint density at radius 1 is 0.931 bits per heavy atom. The molecule has 0 unspecified atom stereocenters. The van der Waals surface area contributed by atoms with Crippen molar-refractivity contribution in [3.05, 3.63) is 61.3 Å². The molecule has 152 valence electrons. The SMILES string of the molecule is Cc1cc(C)c2c(=O)c(ONCC=O)c(-c3c(C)c(C)c(C)c(C)c3C)oc2c1. The molecule has 5 nitrogen and oxygen atoms in total. The molecule has 0 saturated heterocycles. The topological polar surface area (TPSA) is 68.5 Å². The first kappa shape index (κ1) is 20.8. The third-order valence-electron chi connectivity index (χ3n) is 5.86. The van der Waals surface area contributed by atoms with Crippen LogP contribution in [0.25, 0.3) is 22.3 Å². The number of hydrogen-bond donors (Lipinski definition) is 1. The summed E-state index contributed by atoms with van der Waals surface area (Å²) in [7, 11) is 0. The Bertz CT molecular complexity index is 1160. The molecule has 2 aromatic carbocycles. The molecule has 1 heterocycles. The van der Waals surface area contributed by atoms with Crippen LogP contribution < -0.4 is 15.7 Å². The van der Waals surface area contributed by atoms with Gasteiger partial charge >= 0.3 is 0 Å². The minimum absolute atomic E-state index is 0.0340. The van der Waals surface area contributed by atoms with E-state index in [9.17, 15) is 9.59 Å². The zero-order chi connectivity index (χ0) is 21.5. The average molecular weight is 393 g/mol. The number of aldehydes is 1. The van der Waals surface area contributed by atoms with Gasteiger partial charge in [0.25, 0.3) is 0 Å². The molecule has 0 amide bonds. The largest absolute Gasteiger partial charge is 0.452 e. The van der Waals surface area contributed by atoms with E-state index in [1.54, 1.807) is 0 Å². The second-order valence-corrected chi connectivity index (χ2v) is 7.66. The van der Waals surface area contributed by atoms with Crippen LogP contribution in [0, 0.1) is 48.5 Å². The summed E-state index contributed by atoms with van der Waals surface area (Å²) in [5.41, 5.74) is 11.1. The first-order valence-electron chi connectivity index (χ1n) is 9.67. The van der Waals surface area contributed by atoms with Gasteiger partial charge in [-0.2, -0.15) is 0 Å². The van der Waals surface area contributed by atoms with Crippen molar-refractivity contribution in [1.82, 2.24) is 5.48 Å². The molecular formula is C24H27NO4. The van der Waals surface area contributed by atoms with E-state index in [-0.39, 0.29) is 17.7 Å². The number of benzene rings is 2. The minimum Gasteiger partial charge on any atom is -0.452 e. The van der Waals surface area contributed by atoms with Crippen molar-refractivity contribution >= 4 is 17.3 Å². The van der Waals surface area contributed by atoms with Gasteiger partial charge in [0.2, 0.25) is 11.2 Å². The van der Waals surface area contributed by atoms with Crippen LogP contribution >= 0.6 is 0 Å². The van der Waals surface area contributed by atoms with Crippen molar-refractivity contribution in [1.29, 1.82) is 0 Å². The molecule has 0 aliphatic rings. The van der Waals surface area contributed by atoms with Gasteiger partial charge in [-0.25, -0.2) is 0 Å². The van der Waals surface area contributed by atoms with Crippen LogP contribution in [-0.4, -0.2) is 12.8 Å². The molecule has 0 atom stereocenters. The molecule has 3 aromatic rings. The van der Waals surface area contributed by atoms with E-state index in [4.69, 9.17) is 9.25 Å². The van der Waals surface area contributed by atoms with Crippen molar-refractivity contribution < 1.29 is 14.0 Å². The summed E-state index contributed by atoms with van der Waals surface area (Å²) >= 11 is 0. The quantitative estimate of drug-likeness (QED) is 0.386. The molecule has 0 saturated carbocycles. The van der Waals surface area contributed by atoms with E-state index < -0.39 is 0 Å². The monoisotopic (exact) mass is 393 g/mol. The number of hydroxylamine groups is 1. The van der Waals surface area contributed by atoms with Gasteiger partial charge in [0.05, 0.1) is 11.9 Å². The van der Waals surface area contributed by atoms with E-state index in [0.717, 1.165) is 38.9 Å². The average Bonchev–Trinajstić information content (AvgIpc) is 2.66. The van der Waals surface area contributed by atoms with Crippen LogP contribution in [0.2, 0.25) is 0 Å². The Morgan fingerprint density at radius 2 is 1.52 bits per heavy atom. The van der Waals surface area contributed by atoms with Crippen molar-refractivity contribution in [2.75, 3.05) is 6.54 Å². The van der Waals surface area contributed by atoms with Crippen molar-refractivity contribution in [2.45, 2.75) is 48.5 Å². The normalized spacial score (nSPS) is 11.1. The number of rotatable bonds is 5. The minimum atomic E-state index is -0.258. The maximum Gasteiger partial charge on any atom is 0.238 e. The fourth-order valence-corrected chi connectivity index (χ4v) is 3.92. The Hall–Kier alpha value is -2.92. The van der Waals surface area contributed by atoms with Gasteiger partial charge in [-0.3, -0.25) is 4.79 Å². The second kappa shape index (κ2) is 7.84. The fraction of sp³-hybridized carbons (Fsp3) is 0.333. The van der Waals surface area contributed by atoms with E-state index in [0.29, 0.717) is 23.0 Å². The summed E-state index contributed by atoms with van der Waals surface area (Å²) in [6, 6.07) is 3.81. The molecule has 3 rings (SSSR count). The molecule has 0 spiro atoms. The molecule has 5 heteroatoms. The van der Waals surface area contributed by atoms with Crippen LogP contribution in [0.15, 0.2) is 21.3 Å². The third kappa shape index (κ3) is 3.47. The summed E-state index contributed by atoms with van der Waals surface area (Å²) in [4.78, 5) is 29.7. The van der Waals surface area contributed by atoms with E-state index in [1.807, 2.05) is 39.8 Å². The van der Waals surface area contributed by atoms with E-state index >= 15 is 0 Å². The number of nitrogens with one attached hydrogen (secondary N) is 1. The molecule has 1 aromatic heterocycles. The number of carbonyl (C=O) groups excluding carboxylic acids is 1. The summed E-state index contributed by atoms with van der Waals surface area (Å²) in [6.45, 7) is 14.1. The fourth-order valence-electron chi connectivity index (χ4n) is 3.92. The zero-order valence-corrected chi connectivity index (χ0v) is 18.1. The molecule has 0 radical (unpaired) electrons. The predicted octanol–water partition coefficient (Wildman–Crippen LogP) is 4.70. The lowest BCUT2D eigenvalue weighted by atomic mass is 9.88. The highest BCUT2D eigenvalue weighted by molar-refractivity contribution is 5.86. The Balaban J connectivity index is 2.45. The predicted molar refractivity (Wildman–Crippen MR) is 116 cm³/mol. The highest BCUT2D eigenvalue weighted by Gasteiger charge is 2.24. The second-order valence-electron chi connectivity index (χ2n) is 7.66. The molecule has 0 fully saturated rings. The Morgan fingerprint density at radius 3 is 2.10 bits per heavy atom. The number of aryl methyl sites for hydroxylation is 2. The maximum absolute atomic E-state index is 13.4. The first-order chi connectivity index (χ1) is 13.7. The smallest absolute Gasteiger partial charge is 0.238 e. The first-order valence-corrected chi connectivity index (χ1v) is 9.67. The van der Waals surface area contributed by atoms with E-state index in [1.165, 1.54) is 5.56 Å². The maximum atomic E-state index is 13.4. The van der Waals surface area contributed by atoms with Gasteiger partial charge in [-0.1, -0.05) is 6.07 Å². The Kier molecular flexibility index (Phi) is 5.62. The van der Waals surface area contributed by atoms with Crippen LogP contribution in [0.4, 0.5) is 0 Å². The Labute approximate surface area is 170 Å². The van der Waals surface area contributed by atoms with Crippen LogP contribution in [-0.2, 0) is 4.79 Å². The molecular weight excluding hydrogens is 366 g/mol. The number of carbonyl (C=O) groups is 1. The van der Waals surface area contributed by atoms with Crippen LogP contribution in [0.3, 0.4) is 0 Å². The van der Waals surface area contributed by atoms with Gasteiger partial charge in [-0.05, 0) is 93.5 Å². The summed E-state index contributed by atoms with van der Waals surface area (Å²) in [5, 5.41) is 0.484. The summed E-state index contributed by atoms with van der Waals surface area (Å²) in [6.07, 6.45) is 0.674. The lowest BCUT2D eigenvalue weighted by Crippen LogP contribution is -2.25. The summed E-state index contributed by atoms with van der Waals surface area (Å²) < 4.78 is 6.31. The highest BCUT2D eigenvalue weighted by atomic mass is 16.7. The lowest BCUT2D eigenvalue weighted by Gasteiger charge is -2.20. The molecule has 29 heavy (non-hydrogen) atoms. The van der Waals surface area contributed by atoms with Gasteiger partial charge in [-0.15, -0.1) is 5.48 Å². The van der Waals surface area contributed by atoms with Crippen LogP contribution in [0.1, 0.15) is 38.9 Å². The van der Waals surface area contributed by atoms with Gasteiger partial charge in [0.1, 0.15) is 11.9 Å². The van der Waals surface area contributed by atoms with Crippen molar-refractivity contribution in [2.24, 2.45) is 0 Å². The summed E-state index contributed by atoms with van der Waals surface area (Å²) in [5.74, 6) is 0.451. The standard InChI is InChI=1S/C24H27NO4/c1-12-10-13(2)20-19(11-12)28-23(24(22(20)27)29-25-8-9-26)21-17(6)15(4)14(3)16(5)18(21)7/h9-11,25H,8H2,1-7H3. The van der Waals surface area contributed by atoms with E-state index in [2.05, 4.69) is 26.3 Å². The van der Waals surface area contributed by atoms with Gasteiger partial charge in [0.15, 0.2) is 5.76 Å². The number of hydrogen-bond acceptors (Lipinski definition) is 5. The zero-order valence-electron chi connectivity index (χ0n) is 18.1. The van der Waals surface area contributed by atoms with Gasteiger partial charge < -0.3 is 14.0 Å². The number of fused-ring (bicyclic) bond motifs is 1.